The van der Waals surface area contributed by atoms with Crippen molar-refractivity contribution in [3.05, 3.63) is 121 Å². The molecule has 0 aromatic heterocycles. The van der Waals surface area contributed by atoms with Crippen molar-refractivity contribution in [1.82, 2.24) is 0 Å². The highest BCUT2D eigenvalue weighted by atomic mass is 16.5. The zero-order valence-electron chi connectivity index (χ0n) is 15.3. The van der Waals surface area contributed by atoms with Gasteiger partial charge in [-0.05, 0) is 48.5 Å². The van der Waals surface area contributed by atoms with Crippen LogP contribution in [0, 0.1) is 0 Å². The number of benzene rings is 4. The molecule has 0 spiro atoms. The van der Waals surface area contributed by atoms with Gasteiger partial charge >= 0.3 is 5.97 Å². The fourth-order valence-electron chi connectivity index (χ4n) is 3.14. The van der Waals surface area contributed by atoms with E-state index in [2.05, 4.69) is 24.3 Å². The Bertz CT molecular complexity index is 991. The first-order valence-corrected chi connectivity index (χ1v) is 9.17. The molecule has 4 aromatic carbocycles. The van der Waals surface area contributed by atoms with Gasteiger partial charge in [0.15, 0.2) is 0 Å². The summed E-state index contributed by atoms with van der Waals surface area (Å²) in [6.07, 6.45) is 0. The van der Waals surface area contributed by atoms with Crippen molar-refractivity contribution in [2.24, 2.45) is 0 Å². The Labute approximate surface area is 164 Å². The first-order valence-electron chi connectivity index (χ1n) is 9.17. The molecule has 4 rings (SSSR count). The molecular formula is C25H20NO2+. The van der Waals surface area contributed by atoms with E-state index in [1.807, 2.05) is 78.9 Å². The maximum Gasteiger partial charge on any atom is 0.343 e. The molecule has 4 aromatic rings. The predicted molar refractivity (Wildman–Crippen MR) is 111 cm³/mol. The number of esters is 1. The van der Waals surface area contributed by atoms with Crippen LogP contribution in [0.4, 0.5) is 17.1 Å². The van der Waals surface area contributed by atoms with Crippen molar-refractivity contribution < 1.29 is 14.4 Å². The Morgan fingerprint density at radius 1 is 0.536 bits per heavy atom. The highest BCUT2D eigenvalue weighted by molar-refractivity contribution is 5.91. The summed E-state index contributed by atoms with van der Waals surface area (Å²) in [4.78, 5) is 13.5. The minimum Gasteiger partial charge on any atom is -0.423 e. The third kappa shape index (κ3) is 4.00. The monoisotopic (exact) mass is 366 g/mol. The fourth-order valence-corrected chi connectivity index (χ4v) is 3.14. The Hall–Kier alpha value is -3.69. The topological polar surface area (TPSA) is 30.7 Å². The van der Waals surface area contributed by atoms with Crippen LogP contribution in [0.3, 0.4) is 0 Å². The van der Waals surface area contributed by atoms with Gasteiger partial charge in [-0.15, -0.1) is 0 Å². The summed E-state index contributed by atoms with van der Waals surface area (Å²) < 4.78 is 5.42. The van der Waals surface area contributed by atoms with Crippen LogP contribution in [0.1, 0.15) is 10.4 Å². The lowest BCUT2D eigenvalue weighted by atomic mass is 10.1. The zero-order chi connectivity index (χ0) is 19.2. The Balaban J connectivity index is 1.62. The molecule has 0 aliphatic heterocycles. The van der Waals surface area contributed by atoms with Crippen LogP contribution in [-0.4, -0.2) is 5.97 Å². The summed E-state index contributed by atoms with van der Waals surface area (Å²) in [5.41, 5.74) is 3.84. The number of rotatable bonds is 5. The van der Waals surface area contributed by atoms with E-state index < -0.39 is 0 Å². The van der Waals surface area contributed by atoms with Crippen LogP contribution in [0.2, 0.25) is 0 Å². The molecule has 0 radical (unpaired) electrons. The van der Waals surface area contributed by atoms with Crippen LogP contribution in [0.15, 0.2) is 115 Å². The average molecular weight is 366 g/mol. The number of ether oxygens (including phenoxy) is 1. The van der Waals surface area contributed by atoms with E-state index in [0.717, 1.165) is 22.0 Å². The van der Waals surface area contributed by atoms with Crippen molar-refractivity contribution in [2.75, 3.05) is 0 Å². The standard InChI is InChI=1S/C25H19NO2/c27-25(28-24-14-8-3-9-15-24)20-16-18-23(19-17-20)26(21-10-4-1-5-11-21)22-12-6-2-7-13-22/h1-19H/p+1. The van der Waals surface area contributed by atoms with Gasteiger partial charge in [0, 0.05) is 12.1 Å². The molecule has 0 fully saturated rings. The number of hydrogen-bond donors (Lipinski definition) is 1. The Kier molecular flexibility index (Phi) is 5.27. The van der Waals surface area contributed by atoms with Gasteiger partial charge in [-0.3, -0.25) is 0 Å². The summed E-state index contributed by atoms with van der Waals surface area (Å²) >= 11 is 0. The van der Waals surface area contributed by atoms with Gasteiger partial charge < -0.3 is 4.74 Å². The highest BCUT2D eigenvalue weighted by Crippen LogP contribution is 2.17. The Morgan fingerprint density at radius 2 is 0.964 bits per heavy atom. The number of para-hydroxylation sites is 3. The molecular weight excluding hydrogens is 346 g/mol. The molecule has 0 saturated heterocycles. The van der Waals surface area contributed by atoms with E-state index in [0.29, 0.717) is 11.3 Å². The molecule has 0 saturated carbocycles. The van der Waals surface area contributed by atoms with Gasteiger partial charge in [0.25, 0.3) is 0 Å². The van der Waals surface area contributed by atoms with Crippen LogP contribution in [-0.2, 0) is 0 Å². The normalized spacial score (nSPS) is 10.6. The summed E-state index contributed by atoms with van der Waals surface area (Å²) in [6, 6.07) is 37.2. The molecule has 0 aliphatic rings. The average Bonchev–Trinajstić information content (AvgIpc) is 2.77. The minimum atomic E-state index is -0.362. The minimum absolute atomic E-state index is 0.362. The number of nitrogens with one attached hydrogen (secondary N) is 1. The van der Waals surface area contributed by atoms with Crippen molar-refractivity contribution in [2.45, 2.75) is 0 Å². The van der Waals surface area contributed by atoms with Crippen LogP contribution in [0.5, 0.6) is 5.75 Å². The first-order chi connectivity index (χ1) is 13.8. The highest BCUT2D eigenvalue weighted by Gasteiger charge is 2.19. The molecule has 3 heteroatoms. The van der Waals surface area contributed by atoms with E-state index in [-0.39, 0.29) is 5.97 Å². The third-order valence-corrected chi connectivity index (χ3v) is 4.49. The van der Waals surface area contributed by atoms with Crippen LogP contribution < -0.4 is 9.64 Å². The largest absolute Gasteiger partial charge is 0.423 e. The van der Waals surface area contributed by atoms with E-state index >= 15 is 0 Å². The fraction of sp³-hybridized carbons (Fsp3) is 0. The summed E-state index contributed by atoms with van der Waals surface area (Å²) in [5, 5.41) is 0. The molecule has 136 valence electrons. The maximum atomic E-state index is 12.4. The number of quaternary nitrogens is 1. The Morgan fingerprint density at radius 3 is 1.46 bits per heavy atom. The summed E-state index contributed by atoms with van der Waals surface area (Å²) in [7, 11) is 0. The zero-order valence-corrected chi connectivity index (χ0v) is 15.3. The van der Waals surface area contributed by atoms with Gasteiger partial charge in [-0.1, -0.05) is 54.6 Å². The number of carbonyl (C=O) groups is 1. The lowest BCUT2D eigenvalue weighted by molar-refractivity contribution is -0.681. The summed E-state index contributed by atoms with van der Waals surface area (Å²) in [6.45, 7) is 0. The lowest BCUT2D eigenvalue weighted by Crippen LogP contribution is -2.96. The van der Waals surface area contributed by atoms with Crippen LogP contribution in [0.25, 0.3) is 0 Å². The third-order valence-electron chi connectivity index (χ3n) is 4.49. The van der Waals surface area contributed by atoms with Crippen molar-refractivity contribution in [3.8, 4) is 5.75 Å². The van der Waals surface area contributed by atoms with E-state index in [1.165, 1.54) is 0 Å². The van der Waals surface area contributed by atoms with Crippen LogP contribution >= 0.6 is 0 Å². The summed E-state index contributed by atoms with van der Waals surface area (Å²) in [5.74, 6) is 0.177. The number of hydrogen-bond acceptors (Lipinski definition) is 2. The van der Waals surface area contributed by atoms with Gasteiger partial charge in [0.2, 0.25) is 0 Å². The quantitative estimate of drug-likeness (QED) is 0.394. The molecule has 0 heterocycles. The molecule has 0 amide bonds. The van der Waals surface area contributed by atoms with Crippen molar-refractivity contribution in [1.29, 1.82) is 0 Å². The van der Waals surface area contributed by atoms with E-state index in [9.17, 15) is 4.79 Å². The smallest absolute Gasteiger partial charge is 0.343 e. The van der Waals surface area contributed by atoms with Gasteiger partial charge in [-0.2, -0.15) is 0 Å². The molecule has 0 unspecified atom stereocenters. The predicted octanol–water partition coefficient (Wildman–Crippen LogP) is 5.09. The molecule has 28 heavy (non-hydrogen) atoms. The first kappa shape index (κ1) is 17.7. The van der Waals surface area contributed by atoms with E-state index in [4.69, 9.17) is 4.74 Å². The number of carbonyl (C=O) groups excluding carboxylic acids is 1. The second kappa shape index (κ2) is 8.33. The van der Waals surface area contributed by atoms with Gasteiger partial charge in [0.1, 0.15) is 22.8 Å². The molecule has 1 N–H and O–H groups in total. The molecule has 0 aliphatic carbocycles. The SMILES string of the molecule is O=C(Oc1ccccc1)c1ccc([NH+](c2ccccc2)c2ccccc2)cc1. The molecule has 0 bridgehead atoms. The van der Waals surface area contributed by atoms with E-state index in [1.54, 1.807) is 12.1 Å². The van der Waals surface area contributed by atoms with Crippen molar-refractivity contribution >= 4 is 23.0 Å². The van der Waals surface area contributed by atoms with Gasteiger partial charge in [-0.25, -0.2) is 9.69 Å². The second-order valence-corrected chi connectivity index (χ2v) is 6.39. The maximum absolute atomic E-state index is 12.4. The second-order valence-electron chi connectivity index (χ2n) is 6.39. The van der Waals surface area contributed by atoms with Crippen molar-refractivity contribution in [3.63, 3.8) is 0 Å². The molecule has 3 nitrogen and oxygen atoms in total. The van der Waals surface area contributed by atoms with Gasteiger partial charge in [0.05, 0.1) is 5.56 Å². The molecule has 0 atom stereocenters. The lowest BCUT2D eigenvalue weighted by Gasteiger charge is -2.18.